The number of piperidine rings is 1. The van der Waals surface area contributed by atoms with Gasteiger partial charge in [-0.15, -0.1) is 5.10 Å². The van der Waals surface area contributed by atoms with E-state index in [-0.39, 0.29) is 0 Å². The first-order valence-corrected chi connectivity index (χ1v) is 5.99. The molecule has 0 aliphatic carbocycles. The van der Waals surface area contributed by atoms with Gasteiger partial charge in [-0.25, -0.2) is 0 Å². The van der Waals surface area contributed by atoms with Crippen molar-refractivity contribution in [2.75, 3.05) is 25.0 Å². The zero-order chi connectivity index (χ0) is 11.4. The van der Waals surface area contributed by atoms with Crippen molar-refractivity contribution in [2.24, 2.45) is 0 Å². The molecule has 1 aliphatic heterocycles. The monoisotopic (exact) mass is 220 g/mol. The lowest BCUT2D eigenvalue weighted by atomic mass is 10.0. The Kier molecular flexibility index (Phi) is 3.72. The molecule has 1 fully saturated rings. The van der Waals surface area contributed by atoms with Gasteiger partial charge in [-0.3, -0.25) is 0 Å². The maximum atomic E-state index is 4.15. The van der Waals surface area contributed by atoms with E-state index < -0.39 is 0 Å². The first-order chi connectivity index (χ1) is 7.75. The van der Waals surface area contributed by atoms with Crippen LogP contribution in [0.4, 0.5) is 5.82 Å². The van der Waals surface area contributed by atoms with Crippen LogP contribution in [0.25, 0.3) is 0 Å². The van der Waals surface area contributed by atoms with Crippen LogP contribution in [0.1, 0.15) is 24.8 Å². The molecule has 0 radical (unpaired) electrons. The molecule has 1 saturated heterocycles. The second-order valence-electron chi connectivity index (χ2n) is 4.62. The standard InChI is InChI=1S/C12H20N4/c1-10-7-12(15-14-8-10)16(2)9-11-5-3-4-6-13-11/h7-8,11,13H,3-6,9H2,1-2H3. The van der Waals surface area contributed by atoms with Gasteiger partial charge in [0.2, 0.25) is 0 Å². The van der Waals surface area contributed by atoms with E-state index in [9.17, 15) is 0 Å². The molecule has 0 amide bonds. The smallest absolute Gasteiger partial charge is 0.151 e. The normalized spacial score (nSPS) is 20.8. The Morgan fingerprint density at radius 1 is 1.50 bits per heavy atom. The summed E-state index contributed by atoms with van der Waals surface area (Å²) in [6.45, 7) is 4.21. The highest BCUT2D eigenvalue weighted by Crippen LogP contribution is 2.13. The summed E-state index contributed by atoms with van der Waals surface area (Å²) in [5.74, 6) is 0.965. The van der Waals surface area contributed by atoms with Crippen LogP contribution in [-0.4, -0.2) is 36.4 Å². The number of aromatic nitrogens is 2. The molecule has 1 aliphatic rings. The van der Waals surface area contributed by atoms with E-state index in [0.717, 1.165) is 24.5 Å². The third kappa shape index (κ3) is 2.92. The first kappa shape index (κ1) is 11.3. The average Bonchev–Trinajstić information content (AvgIpc) is 2.30. The largest absolute Gasteiger partial charge is 0.357 e. The Balaban J connectivity index is 1.94. The molecule has 1 aromatic heterocycles. The van der Waals surface area contributed by atoms with Crippen LogP contribution in [0, 0.1) is 6.92 Å². The fourth-order valence-corrected chi connectivity index (χ4v) is 2.14. The molecule has 0 aromatic carbocycles. The second kappa shape index (κ2) is 5.25. The van der Waals surface area contributed by atoms with Crippen LogP contribution in [0.5, 0.6) is 0 Å². The molecule has 2 rings (SSSR count). The lowest BCUT2D eigenvalue weighted by Crippen LogP contribution is -2.42. The minimum absolute atomic E-state index is 0.598. The number of anilines is 1. The molecular weight excluding hydrogens is 200 g/mol. The molecule has 1 aromatic rings. The Labute approximate surface area is 97.1 Å². The Morgan fingerprint density at radius 3 is 3.06 bits per heavy atom. The maximum absolute atomic E-state index is 4.15. The molecule has 2 heterocycles. The summed E-state index contributed by atoms with van der Waals surface area (Å²) in [5, 5.41) is 11.7. The molecule has 0 bridgehead atoms. The van der Waals surface area contributed by atoms with Gasteiger partial charge in [0.1, 0.15) is 0 Å². The highest BCUT2D eigenvalue weighted by Gasteiger charge is 2.15. The molecular formula is C12H20N4. The number of aryl methyl sites for hydroxylation is 1. The topological polar surface area (TPSA) is 41.1 Å². The van der Waals surface area contributed by atoms with Crippen LogP contribution in [0.15, 0.2) is 12.3 Å². The molecule has 88 valence electrons. The molecule has 1 N–H and O–H groups in total. The van der Waals surface area contributed by atoms with Crippen molar-refractivity contribution in [3.63, 3.8) is 0 Å². The third-order valence-electron chi connectivity index (χ3n) is 3.08. The average molecular weight is 220 g/mol. The maximum Gasteiger partial charge on any atom is 0.151 e. The van der Waals surface area contributed by atoms with E-state index >= 15 is 0 Å². The van der Waals surface area contributed by atoms with Crippen molar-refractivity contribution in [3.05, 3.63) is 17.8 Å². The van der Waals surface area contributed by atoms with E-state index in [1.807, 2.05) is 6.92 Å². The zero-order valence-electron chi connectivity index (χ0n) is 10.1. The molecule has 16 heavy (non-hydrogen) atoms. The van der Waals surface area contributed by atoms with E-state index in [4.69, 9.17) is 0 Å². The van der Waals surface area contributed by atoms with E-state index in [1.54, 1.807) is 6.20 Å². The minimum Gasteiger partial charge on any atom is -0.357 e. The zero-order valence-corrected chi connectivity index (χ0v) is 10.1. The van der Waals surface area contributed by atoms with Crippen molar-refractivity contribution < 1.29 is 0 Å². The quantitative estimate of drug-likeness (QED) is 0.835. The highest BCUT2D eigenvalue weighted by molar-refractivity contribution is 5.38. The summed E-state index contributed by atoms with van der Waals surface area (Å²) in [6.07, 6.45) is 5.70. The van der Waals surface area contributed by atoms with Crippen LogP contribution >= 0.6 is 0 Å². The van der Waals surface area contributed by atoms with E-state index in [1.165, 1.54) is 19.3 Å². The van der Waals surface area contributed by atoms with E-state index in [2.05, 4.69) is 33.5 Å². The lowest BCUT2D eigenvalue weighted by Gasteiger charge is -2.28. The lowest BCUT2D eigenvalue weighted by molar-refractivity contribution is 0.402. The molecule has 0 spiro atoms. The minimum atomic E-state index is 0.598. The molecule has 4 nitrogen and oxygen atoms in total. The van der Waals surface area contributed by atoms with Crippen molar-refractivity contribution in [3.8, 4) is 0 Å². The second-order valence-corrected chi connectivity index (χ2v) is 4.62. The molecule has 4 heteroatoms. The van der Waals surface area contributed by atoms with Gasteiger partial charge in [0.05, 0.1) is 6.20 Å². The predicted molar refractivity (Wildman–Crippen MR) is 65.7 cm³/mol. The summed E-state index contributed by atoms with van der Waals surface area (Å²) in [6, 6.07) is 2.68. The van der Waals surface area contributed by atoms with Crippen molar-refractivity contribution in [1.29, 1.82) is 0 Å². The van der Waals surface area contributed by atoms with Gasteiger partial charge in [-0.1, -0.05) is 6.42 Å². The Bertz CT molecular complexity index is 334. The summed E-state index contributed by atoms with van der Waals surface area (Å²) in [5.41, 5.74) is 1.16. The fraction of sp³-hybridized carbons (Fsp3) is 0.667. The fourth-order valence-electron chi connectivity index (χ4n) is 2.14. The Hall–Kier alpha value is -1.16. The van der Waals surface area contributed by atoms with Gasteiger partial charge >= 0.3 is 0 Å². The highest BCUT2D eigenvalue weighted by atomic mass is 15.2. The number of likely N-dealkylation sites (N-methyl/N-ethyl adjacent to an activating group) is 1. The third-order valence-corrected chi connectivity index (χ3v) is 3.08. The Morgan fingerprint density at radius 2 is 2.38 bits per heavy atom. The number of nitrogens with one attached hydrogen (secondary N) is 1. The molecule has 0 saturated carbocycles. The summed E-state index contributed by atoms with van der Waals surface area (Å²) in [7, 11) is 2.08. The van der Waals surface area contributed by atoms with Crippen molar-refractivity contribution in [2.45, 2.75) is 32.2 Å². The van der Waals surface area contributed by atoms with Gasteiger partial charge in [-0.05, 0) is 37.9 Å². The summed E-state index contributed by atoms with van der Waals surface area (Å²) in [4.78, 5) is 2.18. The predicted octanol–water partition coefficient (Wildman–Crippen LogP) is 1.36. The molecule has 1 unspecified atom stereocenters. The number of hydrogen-bond donors (Lipinski definition) is 1. The van der Waals surface area contributed by atoms with Gasteiger partial charge in [-0.2, -0.15) is 5.10 Å². The summed E-state index contributed by atoms with van der Waals surface area (Å²) < 4.78 is 0. The number of hydrogen-bond acceptors (Lipinski definition) is 4. The van der Waals surface area contributed by atoms with Gasteiger partial charge in [0, 0.05) is 19.6 Å². The first-order valence-electron chi connectivity index (χ1n) is 5.99. The van der Waals surface area contributed by atoms with Gasteiger partial charge < -0.3 is 10.2 Å². The SMILES string of the molecule is Cc1cnnc(N(C)CC2CCCCN2)c1. The van der Waals surface area contributed by atoms with Crippen LogP contribution in [-0.2, 0) is 0 Å². The number of rotatable bonds is 3. The number of nitrogens with zero attached hydrogens (tertiary/aromatic N) is 3. The summed E-state index contributed by atoms with van der Waals surface area (Å²) >= 11 is 0. The van der Waals surface area contributed by atoms with Crippen LogP contribution in [0.3, 0.4) is 0 Å². The van der Waals surface area contributed by atoms with Crippen LogP contribution < -0.4 is 10.2 Å². The van der Waals surface area contributed by atoms with Gasteiger partial charge in [0.15, 0.2) is 5.82 Å². The van der Waals surface area contributed by atoms with E-state index in [0.29, 0.717) is 6.04 Å². The molecule has 1 atom stereocenters. The van der Waals surface area contributed by atoms with Crippen molar-refractivity contribution >= 4 is 5.82 Å². The van der Waals surface area contributed by atoms with Crippen LogP contribution in [0.2, 0.25) is 0 Å². The van der Waals surface area contributed by atoms with Gasteiger partial charge in [0.25, 0.3) is 0 Å². The van der Waals surface area contributed by atoms with Crippen molar-refractivity contribution in [1.82, 2.24) is 15.5 Å².